The van der Waals surface area contributed by atoms with Gasteiger partial charge in [0.25, 0.3) is 0 Å². The Morgan fingerprint density at radius 2 is 1.80 bits per heavy atom. The molecule has 0 bridgehead atoms. The van der Waals surface area contributed by atoms with Gasteiger partial charge in [0, 0.05) is 11.3 Å². The van der Waals surface area contributed by atoms with E-state index in [1.54, 1.807) is 0 Å². The van der Waals surface area contributed by atoms with Crippen molar-refractivity contribution in [1.82, 2.24) is 9.36 Å². The summed E-state index contributed by atoms with van der Waals surface area (Å²) in [6.07, 6.45) is 0. The van der Waals surface area contributed by atoms with Crippen LogP contribution in [0, 0.1) is 20.8 Å². The van der Waals surface area contributed by atoms with E-state index in [4.69, 9.17) is 0 Å². The first-order valence-corrected chi connectivity index (χ1v) is 9.68. The molecule has 1 heterocycles. The van der Waals surface area contributed by atoms with E-state index >= 15 is 0 Å². The van der Waals surface area contributed by atoms with E-state index in [9.17, 15) is 4.79 Å². The molecule has 0 saturated carbocycles. The SMILES string of the molecule is Cc1ccc(-c2nsc(SCC(=O)Nc3ccc(C)cc3C)n2)cc1. The van der Waals surface area contributed by atoms with Gasteiger partial charge in [-0.3, -0.25) is 4.79 Å². The molecule has 0 atom stereocenters. The van der Waals surface area contributed by atoms with Crippen molar-refractivity contribution < 1.29 is 4.79 Å². The lowest BCUT2D eigenvalue weighted by atomic mass is 10.1. The first-order chi connectivity index (χ1) is 12.0. The monoisotopic (exact) mass is 369 g/mol. The third-order valence-electron chi connectivity index (χ3n) is 3.70. The Bertz CT molecular complexity index is 888. The summed E-state index contributed by atoms with van der Waals surface area (Å²) in [5.74, 6) is 0.988. The van der Waals surface area contributed by atoms with Crippen molar-refractivity contribution >= 4 is 34.9 Å². The minimum Gasteiger partial charge on any atom is -0.325 e. The summed E-state index contributed by atoms with van der Waals surface area (Å²) < 4.78 is 5.18. The van der Waals surface area contributed by atoms with E-state index in [0.29, 0.717) is 11.6 Å². The van der Waals surface area contributed by atoms with Crippen molar-refractivity contribution in [3.8, 4) is 11.4 Å². The summed E-state index contributed by atoms with van der Waals surface area (Å²) in [5.41, 5.74) is 5.30. The zero-order valence-corrected chi connectivity index (χ0v) is 16.0. The van der Waals surface area contributed by atoms with Crippen LogP contribution in [0.1, 0.15) is 16.7 Å². The largest absolute Gasteiger partial charge is 0.325 e. The highest BCUT2D eigenvalue weighted by Crippen LogP contribution is 2.25. The van der Waals surface area contributed by atoms with E-state index < -0.39 is 0 Å². The highest BCUT2D eigenvalue weighted by molar-refractivity contribution is 8.01. The van der Waals surface area contributed by atoms with Gasteiger partial charge in [0.05, 0.1) is 5.75 Å². The number of amides is 1. The molecule has 4 nitrogen and oxygen atoms in total. The average Bonchev–Trinajstić information content (AvgIpc) is 3.05. The Kier molecular flexibility index (Phi) is 5.50. The molecule has 3 aromatic rings. The van der Waals surface area contributed by atoms with Gasteiger partial charge in [-0.05, 0) is 43.9 Å². The number of rotatable bonds is 5. The zero-order chi connectivity index (χ0) is 17.8. The Morgan fingerprint density at radius 3 is 2.52 bits per heavy atom. The van der Waals surface area contributed by atoms with Crippen molar-refractivity contribution in [2.75, 3.05) is 11.1 Å². The molecule has 0 aliphatic rings. The lowest BCUT2D eigenvalue weighted by Crippen LogP contribution is -2.14. The molecule has 0 unspecified atom stereocenters. The third kappa shape index (κ3) is 4.67. The topological polar surface area (TPSA) is 54.9 Å². The van der Waals surface area contributed by atoms with Crippen LogP contribution in [0.3, 0.4) is 0 Å². The first-order valence-electron chi connectivity index (χ1n) is 7.92. The first kappa shape index (κ1) is 17.6. The molecule has 0 aliphatic carbocycles. The Hall–Kier alpha value is -2.18. The quantitative estimate of drug-likeness (QED) is 0.653. The molecular formula is C19H19N3OS2. The number of carbonyl (C=O) groups is 1. The van der Waals surface area contributed by atoms with Gasteiger partial charge < -0.3 is 5.32 Å². The van der Waals surface area contributed by atoms with Crippen molar-refractivity contribution in [2.24, 2.45) is 0 Å². The highest BCUT2D eigenvalue weighted by atomic mass is 32.2. The summed E-state index contributed by atoms with van der Waals surface area (Å²) in [6, 6.07) is 14.1. The summed E-state index contributed by atoms with van der Waals surface area (Å²) in [5, 5.41) is 2.95. The number of benzene rings is 2. The number of anilines is 1. The molecule has 0 spiro atoms. The molecule has 6 heteroatoms. The van der Waals surface area contributed by atoms with Crippen LogP contribution in [0.15, 0.2) is 46.8 Å². The van der Waals surface area contributed by atoms with E-state index in [0.717, 1.165) is 21.2 Å². The maximum absolute atomic E-state index is 12.2. The molecule has 25 heavy (non-hydrogen) atoms. The maximum atomic E-state index is 12.2. The number of aryl methyl sites for hydroxylation is 3. The molecule has 0 fully saturated rings. The summed E-state index contributed by atoms with van der Waals surface area (Å²) in [4.78, 5) is 16.7. The molecule has 1 N–H and O–H groups in total. The fourth-order valence-corrected chi connectivity index (χ4v) is 3.77. The molecule has 0 saturated heterocycles. The predicted octanol–water partition coefficient (Wildman–Crippen LogP) is 4.86. The number of thioether (sulfide) groups is 1. The minimum atomic E-state index is -0.0379. The van der Waals surface area contributed by atoms with Crippen molar-refractivity contribution in [2.45, 2.75) is 25.1 Å². The fraction of sp³-hybridized carbons (Fsp3) is 0.211. The fourth-order valence-electron chi connectivity index (χ4n) is 2.36. The van der Waals surface area contributed by atoms with Crippen molar-refractivity contribution in [3.05, 3.63) is 59.2 Å². The normalized spacial score (nSPS) is 10.7. The number of hydrogen-bond donors (Lipinski definition) is 1. The van der Waals surface area contributed by atoms with Gasteiger partial charge in [0.2, 0.25) is 5.91 Å². The van der Waals surface area contributed by atoms with Gasteiger partial charge in [0.1, 0.15) is 0 Å². The molecular weight excluding hydrogens is 350 g/mol. The van der Waals surface area contributed by atoms with Crippen molar-refractivity contribution in [3.63, 3.8) is 0 Å². The van der Waals surface area contributed by atoms with Crippen LogP contribution in [0.4, 0.5) is 5.69 Å². The van der Waals surface area contributed by atoms with Crippen LogP contribution in [0.5, 0.6) is 0 Å². The minimum absolute atomic E-state index is 0.0379. The van der Waals surface area contributed by atoms with E-state index in [2.05, 4.69) is 20.7 Å². The Balaban J connectivity index is 1.58. The van der Waals surface area contributed by atoms with Gasteiger partial charge in [-0.25, -0.2) is 4.98 Å². The highest BCUT2D eigenvalue weighted by Gasteiger charge is 2.10. The van der Waals surface area contributed by atoms with Gasteiger partial charge in [-0.1, -0.05) is 59.3 Å². The standard InChI is InChI=1S/C19H19N3OS2/c1-12-4-7-15(8-5-12)18-21-19(25-22-18)24-11-17(23)20-16-9-6-13(2)10-14(16)3/h4-10H,11H2,1-3H3,(H,20,23). The van der Waals surface area contributed by atoms with Gasteiger partial charge >= 0.3 is 0 Å². The molecule has 2 aromatic carbocycles. The average molecular weight is 370 g/mol. The second kappa shape index (κ2) is 7.80. The second-order valence-corrected chi connectivity index (χ2v) is 7.88. The predicted molar refractivity (Wildman–Crippen MR) is 105 cm³/mol. The van der Waals surface area contributed by atoms with Gasteiger partial charge in [-0.2, -0.15) is 4.37 Å². The number of hydrogen-bond acceptors (Lipinski definition) is 5. The molecule has 0 radical (unpaired) electrons. The van der Waals surface area contributed by atoms with Gasteiger partial charge in [-0.15, -0.1) is 0 Å². The van der Waals surface area contributed by atoms with Crippen LogP contribution in [0.2, 0.25) is 0 Å². The van der Waals surface area contributed by atoms with Crippen LogP contribution in [0.25, 0.3) is 11.4 Å². The second-order valence-electron chi connectivity index (χ2n) is 5.91. The van der Waals surface area contributed by atoms with E-state index in [1.807, 2.05) is 57.2 Å². The molecule has 0 aliphatic heterocycles. The van der Waals surface area contributed by atoms with E-state index in [1.165, 1.54) is 34.4 Å². The molecule has 128 valence electrons. The molecule has 1 amide bonds. The summed E-state index contributed by atoms with van der Waals surface area (Å²) >= 11 is 2.73. The van der Waals surface area contributed by atoms with Crippen LogP contribution < -0.4 is 5.32 Å². The molecule has 1 aromatic heterocycles. The Morgan fingerprint density at radius 1 is 1.08 bits per heavy atom. The van der Waals surface area contributed by atoms with Crippen molar-refractivity contribution in [1.29, 1.82) is 0 Å². The maximum Gasteiger partial charge on any atom is 0.234 e. The van der Waals surface area contributed by atoms with Crippen LogP contribution in [-0.4, -0.2) is 21.0 Å². The number of nitrogens with zero attached hydrogens (tertiary/aromatic N) is 2. The van der Waals surface area contributed by atoms with Crippen LogP contribution in [-0.2, 0) is 4.79 Å². The Labute approximate surface area is 155 Å². The third-order valence-corrected chi connectivity index (χ3v) is 5.53. The number of nitrogens with one attached hydrogen (secondary N) is 1. The number of aromatic nitrogens is 2. The lowest BCUT2D eigenvalue weighted by molar-refractivity contribution is -0.113. The lowest BCUT2D eigenvalue weighted by Gasteiger charge is -2.08. The van der Waals surface area contributed by atoms with Gasteiger partial charge in [0.15, 0.2) is 10.2 Å². The summed E-state index contributed by atoms with van der Waals surface area (Å²) in [6.45, 7) is 6.08. The summed E-state index contributed by atoms with van der Waals surface area (Å²) in [7, 11) is 0. The van der Waals surface area contributed by atoms with Crippen LogP contribution >= 0.6 is 23.3 Å². The number of carbonyl (C=O) groups excluding carboxylic acids is 1. The zero-order valence-electron chi connectivity index (χ0n) is 14.4. The van der Waals surface area contributed by atoms with E-state index in [-0.39, 0.29) is 5.91 Å². The molecule has 3 rings (SSSR count). The smallest absolute Gasteiger partial charge is 0.234 e.